The van der Waals surface area contributed by atoms with E-state index in [0.717, 1.165) is 28.3 Å². The summed E-state index contributed by atoms with van der Waals surface area (Å²) in [5.41, 5.74) is 3.81. The molecule has 7 nitrogen and oxygen atoms in total. The van der Waals surface area contributed by atoms with Crippen molar-refractivity contribution in [3.05, 3.63) is 76.6 Å². The standard InChI is InChI=1S/C23H22N4O3S2/c1-15-9-10-16(2)20(11-15)29-12-21-25-26-23(30-21)32-14-18-13-31-22(24-18)27(17(3)28)19-7-5-4-6-8-19/h4-11,13H,12,14H2,1-3H3. The first-order chi connectivity index (χ1) is 15.5. The second-order valence-corrected chi connectivity index (χ2v) is 8.88. The number of amides is 1. The Morgan fingerprint density at radius 3 is 2.75 bits per heavy atom. The average Bonchev–Trinajstić information content (AvgIpc) is 3.43. The Hall–Kier alpha value is -3.17. The van der Waals surface area contributed by atoms with Crippen LogP contribution in [0.15, 0.2) is 63.6 Å². The Morgan fingerprint density at radius 2 is 1.97 bits per heavy atom. The first-order valence-corrected chi connectivity index (χ1v) is 11.8. The van der Waals surface area contributed by atoms with Crippen LogP contribution in [0.4, 0.5) is 10.8 Å². The van der Waals surface area contributed by atoms with Gasteiger partial charge in [-0.1, -0.05) is 42.1 Å². The number of thiazole rings is 1. The lowest BCUT2D eigenvalue weighted by atomic mass is 10.1. The van der Waals surface area contributed by atoms with E-state index in [4.69, 9.17) is 9.15 Å². The van der Waals surface area contributed by atoms with Crippen LogP contribution in [0.25, 0.3) is 0 Å². The molecule has 2 aromatic heterocycles. The zero-order chi connectivity index (χ0) is 22.5. The summed E-state index contributed by atoms with van der Waals surface area (Å²) in [6.07, 6.45) is 0. The Labute approximate surface area is 194 Å². The van der Waals surface area contributed by atoms with Crippen LogP contribution in [0.3, 0.4) is 0 Å². The van der Waals surface area contributed by atoms with Gasteiger partial charge < -0.3 is 9.15 Å². The van der Waals surface area contributed by atoms with Crippen LogP contribution in [-0.4, -0.2) is 21.1 Å². The molecule has 0 radical (unpaired) electrons. The largest absolute Gasteiger partial charge is 0.484 e. The van der Waals surface area contributed by atoms with Gasteiger partial charge in [0, 0.05) is 18.1 Å². The zero-order valence-electron chi connectivity index (χ0n) is 17.9. The van der Waals surface area contributed by atoms with Gasteiger partial charge in [-0.25, -0.2) is 4.98 Å². The number of anilines is 2. The van der Waals surface area contributed by atoms with Crippen LogP contribution in [0.2, 0.25) is 0 Å². The summed E-state index contributed by atoms with van der Waals surface area (Å²) >= 11 is 2.82. The highest BCUT2D eigenvalue weighted by Gasteiger charge is 2.18. The summed E-state index contributed by atoms with van der Waals surface area (Å²) in [5.74, 6) is 1.69. The maximum absolute atomic E-state index is 12.2. The van der Waals surface area contributed by atoms with Crippen molar-refractivity contribution in [2.24, 2.45) is 0 Å². The molecular formula is C23H22N4O3S2. The summed E-state index contributed by atoms with van der Waals surface area (Å²) in [5, 5.41) is 11.2. The minimum absolute atomic E-state index is 0.0878. The minimum Gasteiger partial charge on any atom is -0.484 e. The summed E-state index contributed by atoms with van der Waals surface area (Å²) in [4.78, 5) is 18.4. The molecule has 1 amide bonds. The number of rotatable bonds is 8. The van der Waals surface area contributed by atoms with Crippen molar-refractivity contribution in [1.29, 1.82) is 0 Å². The molecule has 0 saturated carbocycles. The van der Waals surface area contributed by atoms with Crippen molar-refractivity contribution in [3.8, 4) is 5.75 Å². The molecular weight excluding hydrogens is 444 g/mol. The fourth-order valence-corrected chi connectivity index (χ4v) is 4.63. The van der Waals surface area contributed by atoms with Gasteiger partial charge in [0.25, 0.3) is 11.1 Å². The van der Waals surface area contributed by atoms with Crippen LogP contribution in [-0.2, 0) is 17.2 Å². The van der Waals surface area contributed by atoms with Crippen LogP contribution in [0.5, 0.6) is 5.75 Å². The molecule has 164 valence electrons. The van der Waals surface area contributed by atoms with Crippen molar-refractivity contribution in [3.63, 3.8) is 0 Å². The number of carbonyl (C=O) groups excluding carboxylic acids is 1. The second kappa shape index (κ2) is 9.97. The van der Waals surface area contributed by atoms with Crippen molar-refractivity contribution in [2.75, 3.05) is 4.90 Å². The molecule has 0 aliphatic heterocycles. The molecule has 0 spiro atoms. The number of benzene rings is 2. The van der Waals surface area contributed by atoms with E-state index < -0.39 is 0 Å². The van der Waals surface area contributed by atoms with E-state index in [9.17, 15) is 4.79 Å². The molecule has 0 N–H and O–H groups in total. The Balaban J connectivity index is 1.36. The van der Waals surface area contributed by atoms with Crippen LogP contribution in [0.1, 0.15) is 29.6 Å². The number of hydrogen-bond acceptors (Lipinski definition) is 8. The van der Waals surface area contributed by atoms with Gasteiger partial charge in [-0.3, -0.25) is 9.69 Å². The van der Waals surface area contributed by atoms with Gasteiger partial charge >= 0.3 is 0 Å². The van der Waals surface area contributed by atoms with E-state index in [-0.39, 0.29) is 12.5 Å². The molecule has 4 rings (SSSR count). The first kappa shape index (κ1) is 22.0. The molecule has 0 atom stereocenters. The topological polar surface area (TPSA) is 81.4 Å². The van der Waals surface area contributed by atoms with Gasteiger partial charge in [0.15, 0.2) is 11.7 Å². The van der Waals surface area contributed by atoms with Crippen molar-refractivity contribution >= 4 is 39.8 Å². The number of ether oxygens (including phenoxy) is 1. The van der Waals surface area contributed by atoms with Crippen molar-refractivity contribution in [2.45, 2.75) is 38.4 Å². The van der Waals surface area contributed by atoms with E-state index in [2.05, 4.69) is 15.2 Å². The highest BCUT2D eigenvalue weighted by molar-refractivity contribution is 7.98. The van der Waals surface area contributed by atoms with Gasteiger partial charge in [0.1, 0.15) is 5.75 Å². The summed E-state index contributed by atoms with van der Waals surface area (Å²) < 4.78 is 11.5. The molecule has 2 heterocycles. The summed E-state index contributed by atoms with van der Waals surface area (Å²) in [6, 6.07) is 15.5. The average molecular weight is 467 g/mol. The third-order valence-corrected chi connectivity index (χ3v) is 6.27. The third kappa shape index (κ3) is 5.35. The third-order valence-electron chi connectivity index (χ3n) is 4.55. The maximum atomic E-state index is 12.2. The van der Waals surface area contributed by atoms with Crippen molar-refractivity contribution < 1.29 is 13.9 Å². The predicted octanol–water partition coefficient (Wildman–Crippen LogP) is 5.70. The lowest BCUT2D eigenvalue weighted by Crippen LogP contribution is -2.22. The fraction of sp³-hybridized carbons (Fsp3) is 0.217. The monoisotopic (exact) mass is 466 g/mol. The molecule has 0 saturated heterocycles. The molecule has 0 aliphatic rings. The molecule has 32 heavy (non-hydrogen) atoms. The lowest BCUT2D eigenvalue weighted by Gasteiger charge is -2.17. The number of hydrogen-bond donors (Lipinski definition) is 0. The normalized spacial score (nSPS) is 10.8. The number of aryl methyl sites for hydroxylation is 2. The number of para-hydroxylation sites is 1. The number of carbonyl (C=O) groups is 1. The van der Waals surface area contributed by atoms with Crippen molar-refractivity contribution in [1.82, 2.24) is 15.2 Å². The molecule has 0 fully saturated rings. The van der Waals surface area contributed by atoms with Gasteiger partial charge in [0.2, 0.25) is 5.91 Å². The number of aromatic nitrogens is 3. The van der Waals surface area contributed by atoms with Crippen LogP contribution in [0, 0.1) is 13.8 Å². The second-order valence-electron chi connectivity index (χ2n) is 7.12. The zero-order valence-corrected chi connectivity index (χ0v) is 19.6. The van der Waals surface area contributed by atoms with Gasteiger partial charge in [0.05, 0.1) is 11.4 Å². The SMILES string of the molecule is CC(=O)N(c1ccccc1)c1nc(CSc2nnc(COc3cc(C)ccc3C)o2)cs1. The van der Waals surface area contributed by atoms with Crippen LogP contribution >= 0.6 is 23.1 Å². The quantitative estimate of drug-likeness (QED) is 0.308. The molecule has 0 aliphatic carbocycles. The molecule has 9 heteroatoms. The highest BCUT2D eigenvalue weighted by Crippen LogP contribution is 2.31. The molecule has 4 aromatic rings. The van der Waals surface area contributed by atoms with E-state index >= 15 is 0 Å². The lowest BCUT2D eigenvalue weighted by molar-refractivity contribution is -0.115. The predicted molar refractivity (Wildman–Crippen MR) is 125 cm³/mol. The van der Waals surface area contributed by atoms with E-state index in [1.165, 1.54) is 30.0 Å². The van der Waals surface area contributed by atoms with E-state index in [0.29, 0.717) is 22.0 Å². The van der Waals surface area contributed by atoms with Gasteiger partial charge in [-0.15, -0.1) is 21.5 Å². The summed E-state index contributed by atoms with van der Waals surface area (Å²) in [6.45, 7) is 5.76. The van der Waals surface area contributed by atoms with Gasteiger partial charge in [-0.2, -0.15) is 0 Å². The number of thioether (sulfide) groups is 1. The fourth-order valence-electron chi connectivity index (χ4n) is 2.96. The maximum Gasteiger partial charge on any atom is 0.277 e. The first-order valence-electron chi connectivity index (χ1n) is 9.95. The summed E-state index contributed by atoms with van der Waals surface area (Å²) in [7, 11) is 0. The van der Waals surface area contributed by atoms with E-state index in [1.807, 2.05) is 67.8 Å². The minimum atomic E-state index is -0.0878. The van der Waals surface area contributed by atoms with E-state index in [1.54, 1.807) is 4.90 Å². The highest BCUT2D eigenvalue weighted by atomic mass is 32.2. The van der Waals surface area contributed by atoms with Gasteiger partial charge in [-0.05, 0) is 43.2 Å². The number of nitrogens with zero attached hydrogens (tertiary/aromatic N) is 4. The van der Waals surface area contributed by atoms with Crippen LogP contribution < -0.4 is 9.64 Å². The smallest absolute Gasteiger partial charge is 0.277 e. The Kier molecular flexibility index (Phi) is 6.87. The molecule has 0 bridgehead atoms. The Bertz CT molecular complexity index is 1210. The Morgan fingerprint density at radius 1 is 1.16 bits per heavy atom. The molecule has 2 aromatic carbocycles. The molecule has 0 unspecified atom stereocenters.